The highest BCUT2D eigenvalue weighted by molar-refractivity contribution is 5.77. The third-order valence-corrected chi connectivity index (χ3v) is 2.21. The Balaban J connectivity index is 2.65. The standard InChI is InChI=1S/C7H12O3/c1-7(10-2,6(8)9)5-3-4-5/h5H,3-4H2,1-2H3,(H,8,9)/t7-/m0/s1. The van der Waals surface area contributed by atoms with Gasteiger partial charge in [-0.3, -0.25) is 0 Å². The zero-order valence-electron chi connectivity index (χ0n) is 6.26. The fourth-order valence-corrected chi connectivity index (χ4v) is 1.06. The van der Waals surface area contributed by atoms with E-state index in [1.165, 1.54) is 7.11 Å². The van der Waals surface area contributed by atoms with Gasteiger partial charge in [-0.2, -0.15) is 0 Å². The lowest BCUT2D eigenvalue weighted by molar-refractivity contribution is -0.162. The molecule has 0 aromatic heterocycles. The Bertz CT molecular complexity index is 151. The second kappa shape index (κ2) is 2.23. The molecule has 3 nitrogen and oxygen atoms in total. The predicted octanol–water partition coefficient (Wildman–Crippen LogP) is 0.886. The molecule has 1 rings (SSSR count). The molecule has 10 heavy (non-hydrogen) atoms. The molecule has 3 heteroatoms. The summed E-state index contributed by atoms with van der Waals surface area (Å²) in [5.41, 5.74) is -0.931. The number of hydrogen-bond acceptors (Lipinski definition) is 2. The first-order valence-corrected chi connectivity index (χ1v) is 3.40. The van der Waals surface area contributed by atoms with Crippen LogP contribution in [-0.2, 0) is 9.53 Å². The lowest BCUT2D eigenvalue weighted by Crippen LogP contribution is -2.39. The summed E-state index contributed by atoms with van der Waals surface area (Å²) in [6.45, 7) is 1.63. The average Bonchev–Trinajstić information content (AvgIpc) is 2.67. The fourth-order valence-electron chi connectivity index (χ4n) is 1.06. The van der Waals surface area contributed by atoms with Crippen LogP contribution in [0.4, 0.5) is 0 Å². The molecule has 1 atom stereocenters. The predicted molar refractivity (Wildman–Crippen MR) is 35.8 cm³/mol. The number of ether oxygens (including phenoxy) is 1. The highest BCUT2D eigenvalue weighted by atomic mass is 16.5. The number of carboxylic acids is 1. The summed E-state index contributed by atoms with van der Waals surface area (Å²) in [6, 6.07) is 0. The van der Waals surface area contributed by atoms with Crippen LogP contribution in [0.15, 0.2) is 0 Å². The first kappa shape index (κ1) is 7.54. The summed E-state index contributed by atoms with van der Waals surface area (Å²) < 4.78 is 4.92. The molecule has 0 unspecified atom stereocenters. The maximum atomic E-state index is 10.6. The van der Waals surface area contributed by atoms with E-state index >= 15 is 0 Å². The van der Waals surface area contributed by atoms with E-state index in [1.54, 1.807) is 6.92 Å². The van der Waals surface area contributed by atoms with Crippen molar-refractivity contribution in [2.75, 3.05) is 7.11 Å². The van der Waals surface area contributed by atoms with Crippen molar-refractivity contribution < 1.29 is 14.6 Å². The number of rotatable bonds is 3. The van der Waals surface area contributed by atoms with Gasteiger partial charge >= 0.3 is 5.97 Å². The molecule has 0 saturated heterocycles. The molecular weight excluding hydrogens is 132 g/mol. The van der Waals surface area contributed by atoms with Gasteiger partial charge in [0.2, 0.25) is 0 Å². The zero-order valence-corrected chi connectivity index (χ0v) is 6.26. The van der Waals surface area contributed by atoms with Crippen LogP contribution in [0.25, 0.3) is 0 Å². The van der Waals surface area contributed by atoms with Gasteiger partial charge in [-0.25, -0.2) is 4.79 Å². The molecule has 1 saturated carbocycles. The largest absolute Gasteiger partial charge is 0.479 e. The van der Waals surface area contributed by atoms with Crippen LogP contribution in [0, 0.1) is 5.92 Å². The third-order valence-electron chi connectivity index (χ3n) is 2.21. The highest BCUT2D eigenvalue weighted by Gasteiger charge is 2.47. The van der Waals surface area contributed by atoms with E-state index in [2.05, 4.69) is 0 Å². The van der Waals surface area contributed by atoms with Crippen molar-refractivity contribution in [2.24, 2.45) is 5.92 Å². The molecule has 0 amide bonds. The molecule has 0 aromatic rings. The van der Waals surface area contributed by atoms with Crippen LogP contribution < -0.4 is 0 Å². The number of methoxy groups -OCH3 is 1. The summed E-state index contributed by atoms with van der Waals surface area (Å²) in [7, 11) is 1.45. The minimum Gasteiger partial charge on any atom is -0.479 e. The zero-order chi connectivity index (χ0) is 7.78. The first-order chi connectivity index (χ1) is 4.61. The van der Waals surface area contributed by atoms with Gasteiger partial charge in [0.05, 0.1) is 0 Å². The van der Waals surface area contributed by atoms with Crippen molar-refractivity contribution in [3.05, 3.63) is 0 Å². The summed E-state index contributed by atoms with van der Waals surface area (Å²) in [5, 5.41) is 8.72. The van der Waals surface area contributed by atoms with Gasteiger partial charge in [-0.15, -0.1) is 0 Å². The van der Waals surface area contributed by atoms with Gasteiger partial charge in [0.1, 0.15) is 0 Å². The van der Waals surface area contributed by atoms with E-state index in [-0.39, 0.29) is 5.92 Å². The SMILES string of the molecule is CO[C@](C)(C(=O)O)C1CC1. The van der Waals surface area contributed by atoms with Gasteiger partial charge in [0.25, 0.3) is 0 Å². The Morgan fingerprint density at radius 2 is 2.20 bits per heavy atom. The van der Waals surface area contributed by atoms with Crippen molar-refractivity contribution in [3.8, 4) is 0 Å². The van der Waals surface area contributed by atoms with Crippen molar-refractivity contribution in [2.45, 2.75) is 25.4 Å². The molecule has 0 heterocycles. The van der Waals surface area contributed by atoms with Gasteiger partial charge in [-0.1, -0.05) is 0 Å². The molecule has 1 aliphatic carbocycles. The summed E-state index contributed by atoms with van der Waals surface area (Å²) in [6.07, 6.45) is 1.97. The lowest BCUT2D eigenvalue weighted by atomic mass is 10.0. The monoisotopic (exact) mass is 144 g/mol. The van der Waals surface area contributed by atoms with Crippen LogP contribution in [-0.4, -0.2) is 23.8 Å². The van der Waals surface area contributed by atoms with Crippen molar-refractivity contribution >= 4 is 5.97 Å². The number of hydrogen-bond donors (Lipinski definition) is 1. The Labute approximate surface area is 60.0 Å². The molecule has 0 aliphatic heterocycles. The second-order valence-corrected chi connectivity index (χ2v) is 2.89. The maximum Gasteiger partial charge on any atom is 0.335 e. The van der Waals surface area contributed by atoms with Crippen LogP contribution in [0.2, 0.25) is 0 Å². The van der Waals surface area contributed by atoms with Crippen LogP contribution in [0.5, 0.6) is 0 Å². The van der Waals surface area contributed by atoms with Gasteiger partial charge in [-0.05, 0) is 25.7 Å². The molecule has 1 N–H and O–H groups in total. The molecule has 1 fully saturated rings. The molecular formula is C7H12O3. The first-order valence-electron chi connectivity index (χ1n) is 3.40. The quantitative estimate of drug-likeness (QED) is 0.639. The normalized spacial score (nSPS) is 23.8. The van der Waals surface area contributed by atoms with E-state index in [4.69, 9.17) is 9.84 Å². The van der Waals surface area contributed by atoms with Crippen LogP contribution in [0.1, 0.15) is 19.8 Å². The molecule has 0 spiro atoms. The van der Waals surface area contributed by atoms with E-state index < -0.39 is 11.6 Å². The maximum absolute atomic E-state index is 10.6. The Kier molecular flexibility index (Phi) is 1.68. The van der Waals surface area contributed by atoms with Gasteiger partial charge < -0.3 is 9.84 Å². The van der Waals surface area contributed by atoms with Crippen molar-refractivity contribution in [3.63, 3.8) is 0 Å². The highest BCUT2D eigenvalue weighted by Crippen LogP contribution is 2.41. The fraction of sp³-hybridized carbons (Fsp3) is 0.857. The van der Waals surface area contributed by atoms with Crippen molar-refractivity contribution in [1.29, 1.82) is 0 Å². The van der Waals surface area contributed by atoms with E-state index in [9.17, 15) is 4.79 Å². The number of carboxylic acid groups (broad SMARTS) is 1. The Morgan fingerprint density at radius 3 is 2.30 bits per heavy atom. The number of carbonyl (C=O) groups is 1. The smallest absolute Gasteiger partial charge is 0.335 e. The van der Waals surface area contributed by atoms with E-state index in [1.807, 2.05) is 0 Å². The molecule has 0 radical (unpaired) electrons. The van der Waals surface area contributed by atoms with E-state index in [0.717, 1.165) is 12.8 Å². The van der Waals surface area contributed by atoms with Crippen LogP contribution in [0.3, 0.4) is 0 Å². The van der Waals surface area contributed by atoms with Gasteiger partial charge in [0.15, 0.2) is 5.60 Å². The number of aliphatic carboxylic acids is 1. The minimum absolute atomic E-state index is 0.231. The van der Waals surface area contributed by atoms with Gasteiger partial charge in [0, 0.05) is 7.11 Å². The molecule has 0 bridgehead atoms. The third kappa shape index (κ3) is 1.01. The lowest BCUT2D eigenvalue weighted by Gasteiger charge is -2.21. The summed E-state index contributed by atoms with van der Waals surface area (Å²) >= 11 is 0. The Hall–Kier alpha value is -0.570. The van der Waals surface area contributed by atoms with Crippen LogP contribution >= 0.6 is 0 Å². The van der Waals surface area contributed by atoms with E-state index in [0.29, 0.717) is 0 Å². The minimum atomic E-state index is -0.931. The van der Waals surface area contributed by atoms with Crippen molar-refractivity contribution in [1.82, 2.24) is 0 Å². The molecule has 58 valence electrons. The second-order valence-electron chi connectivity index (χ2n) is 2.89. The molecule has 0 aromatic carbocycles. The summed E-state index contributed by atoms with van der Waals surface area (Å²) in [5.74, 6) is -0.618. The Morgan fingerprint density at radius 1 is 1.70 bits per heavy atom. The summed E-state index contributed by atoms with van der Waals surface area (Å²) in [4.78, 5) is 10.6. The topological polar surface area (TPSA) is 46.5 Å². The molecule has 1 aliphatic rings. The average molecular weight is 144 g/mol.